The van der Waals surface area contributed by atoms with Gasteiger partial charge in [0.25, 0.3) is 5.91 Å². The molecule has 150 valence electrons. The number of nitrogens with one attached hydrogen (secondary N) is 1. The van der Waals surface area contributed by atoms with Crippen LogP contribution in [0.1, 0.15) is 26.3 Å². The maximum Gasteiger partial charge on any atom is 0.311 e. The number of hydrogen-bond donors (Lipinski definition) is 1. The first kappa shape index (κ1) is 21.3. The predicted octanol–water partition coefficient (Wildman–Crippen LogP) is 1.54. The second-order valence-electron chi connectivity index (χ2n) is 7.37. The number of sulfonamides is 1. The summed E-state index contributed by atoms with van der Waals surface area (Å²) in [5.74, 6) is -1.02. The van der Waals surface area contributed by atoms with Crippen molar-refractivity contribution < 1.29 is 27.5 Å². The standard InChI is InChI=1S/C18H26N2O6S/c1-13-5-6-14(27(23,24)20-7-9-25-10-8-20)11-15(13)19-16(21)12-26-17(22)18(2,3)4/h5-6,11H,7-10,12H2,1-4H3,(H,19,21). The highest BCUT2D eigenvalue weighted by atomic mass is 32.2. The van der Waals surface area contributed by atoms with Crippen LogP contribution in [0.25, 0.3) is 0 Å². The van der Waals surface area contributed by atoms with Gasteiger partial charge in [0.15, 0.2) is 6.61 Å². The van der Waals surface area contributed by atoms with E-state index in [0.717, 1.165) is 0 Å². The lowest BCUT2D eigenvalue weighted by Gasteiger charge is -2.26. The Hall–Kier alpha value is -1.97. The van der Waals surface area contributed by atoms with Gasteiger partial charge in [0.05, 0.1) is 23.5 Å². The average molecular weight is 398 g/mol. The van der Waals surface area contributed by atoms with Gasteiger partial charge in [0.2, 0.25) is 10.0 Å². The number of benzene rings is 1. The zero-order chi connectivity index (χ0) is 20.2. The molecule has 2 rings (SSSR count). The molecule has 8 nitrogen and oxygen atoms in total. The molecule has 9 heteroatoms. The van der Waals surface area contributed by atoms with Crippen molar-refractivity contribution in [2.75, 3.05) is 38.2 Å². The van der Waals surface area contributed by atoms with E-state index in [9.17, 15) is 18.0 Å². The second kappa shape index (κ2) is 8.37. The quantitative estimate of drug-likeness (QED) is 0.755. The summed E-state index contributed by atoms with van der Waals surface area (Å²) in [7, 11) is -3.67. The van der Waals surface area contributed by atoms with Gasteiger partial charge < -0.3 is 14.8 Å². The van der Waals surface area contributed by atoms with Crippen LogP contribution >= 0.6 is 0 Å². The van der Waals surface area contributed by atoms with Gasteiger partial charge in [-0.1, -0.05) is 6.07 Å². The van der Waals surface area contributed by atoms with E-state index < -0.39 is 33.9 Å². The lowest BCUT2D eigenvalue weighted by molar-refractivity contribution is -0.155. The molecular formula is C18H26N2O6S. The van der Waals surface area contributed by atoms with Gasteiger partial charge >= 0.3 is 5.97 Å². The van der Waals surface area contributed by atoms with Crippen LogP contribution in [-0.2, 0) is 29.1 Å². The molecule has 1 N–H and O–H groups in total. The number of carbonyl (C=O) groups excluding carboxylic acids is 2. The first-order valence-electron chi connectivity index (χ1n) is 8.67. The van der Waals surface area contributed by atoms with Crippen molar-refractivity contribution >= 4 is 27.6 Å². The van der Waals surface area contributed by atoms with Crippen molar-refractivity contribution in [1.29, 1.82) is 0 Å². The van der Waals surface area contributed by atoms with Crippen LogP contribution in [0.4, 0.5) is 5.69 Å². The van der Waals surface area contributed by atoms with E-state index in [4.69, 9.17) is 9.47 Å². The minimum Gasteiger partial charge on any atom is -0.455 e. The number of anilines is 1. The zero-order valence-corrected chi connectivity index (χ0v) is 16.9. The molecule has 0 spiro atoms. The highest BCUT2D eigenvalue weighted by molar-refractivity contribution is 7.89. The molecule has 1 aliphatic rings. The molecule has 1 heterocycles. The number of hydrogen-bond acceptors (Lipinski definition) is 6. The number of carbonyl (C=O) groups is 2. The third-order valence-electron chi connectivity index (χ3n) is 4.04. The summed E-state index contributed by atoms with van der Waals surface area (Å²) in [6.07, 6.45) is 0. The van der Waals surface area contributed by atoms with E-state index >= 15 is 0 Å². The first-order valence-corrected chi connectivity index (χ1v) is 10.1. The van der Waals surface area contributed by atoms with Crippen molar-refractivity contribution in [2.24, 2.45) is 5.41 Å². The Morgan fingerprint density at radius 3 is 2.44 bits per heavy atom. The molecule has 0 unspecified atom stereocenters. The average Bonchev–Trinajstić information content (AvgIpc) is 2.61. The van der Waals surface area contributed by atoms with E-state index in [1.54, 1.807) is 33.8 Å². The Bertz CT molecular complexity index is 808. The molecule has 1 amide bonds. The SMILES string of the molecule is Cc1ccc(S(=O)(=O)N2CCOCC2)cc1NC(=O)COC(=O)C(C)(C)C. The molecule has 0 aliphatic carbocycles. The van der Waals surface area contributed by atoms with Gasteiger partial charge in [0.1, 0.15) is 0 Å². The number of morpholine rings is 1. The first-order chi connectivity index (χ1) is 12.5. The summed E-state index contributed by atoms with van der Waals surface area (Å²) in [6.45, 7) is 7.69. The summed E-state index contributed by atoms with van der Waals surface area (Å²) in [4.78, 5) is 23.9. The van der Waals surface area contributed by atoms with Crippen molar-refractivity contribution in [1.82, 2.24) is 4.31 Å². The molecule has 27 heavy (non-hydrogen) atoms. The normalized spacial score (nSPS) is 16.0. The van der Waals surface area contributed by atoms with E-state index in [1.165, 1.54) is 16.4 Å². The Labute approximate surface area is 159 Å². The number of ether oxygens (including phenoxy) is 2. The van der Waals surface area contributed by atoms with Crippen molar-refractivity contribution in [3.63, 3.8) is 0 Å². The maximum atomic E-state index is 12.8. The van der Waals surface area contributed by atoms with Gasteiger partial charge in [-0.3, -0.25) is 9.59 Å². The van der Waals surface area contributed by atoms with E-state index in [-0.39, 0.29) is 4.90 Å². The van der Waals surface area contributed by atoms with Crippen LogP contribution in [-0.4, -0.2) is 57.5 Å². The number of aryl methyl sites for hydroxylation is 1. The van der Waals surface area contributed by atoms with Crippen molar-refractivity contribution in [3.05, 3.63) is 23.8 Å². The highest BCUT2D eigenvalue weighted by Crippen LogP contribution is 2.24. The van der Waals surface area contributed by atoms with Gasteiger partial charge in [0, 0.05) is 18.8 Å². The van der Waals surface area contributed by atoms with E-state index in [1.807, 2.05) is 0 Å². The molecule has 1 aromatic carbocycles. The number of amides is 1. The van der Waals surface area contributed by atoms with Crippen LogP contribution in [0.5, 0.6) is 0 Å². The Morgan fingerprint density at radius 1 is 1.22 bits per heavy atom. The van der Waals surface area contributed by atoms with Crippen LogP contribution in [0.3, 0.4) is 0 Å². The number of nitrogens with zero attached hydrogens (tertiary/aromatic N) is 1. The van der Waals surface area contributed by atoms with Gasteiger partial charge in [-0.05, 0) is 45.4 Å². The fourth-order valence-electron chi connectivity index (χ4n) is 2.37. The Kier molecular flexibility index (Phi) is 6.61. The summed E-state index contributed by atoms with van der Waals surface area (Å²) in [5.41, 5.74) is 0.357. The summed E-state index contributed by atoms with van der Waals surface area (Å²) in [5, 5.41) is 2.61. The summed E-state index contributed by atoms with van der Waals surface area (Å²) < 4.78 is 37.0. The molecule has 1 aromatic rings. The highest BCUT2D eigenvalue weighted by Gasteiger charge is 2.27. The van der Waals surface area contributed by atoms with Crippen LogP contribution in [0, 0.1) is 12.3 Å². The predicted molar refractivity (Wildman–Crippen MR) is 99.8 cm³/mol. The Morgan fingerprint density at radius 2 is 1.85 bits per heavy atom. The third kappa shape index (κ3) is 5.50. The lowest BCUT2D eigenvalue weighted by Crippen LogP contribution is -2.40. The van der Waals surface area contributed by atoms with Crippen molar-refractivity contribution in [3.8, 4) is 0 Å². The second-order valence-corrected chi connectivity index (χ2v) is 9.31. The van der Waals surface area contributed by atoms with Gasteiger partial charge in [-0.2, -0.15) is 4.31 Å². The minimum atomic E-state index is -3.67. The lowest BCUT2D eigenvalue weighted by atomic mass is 9.97. The van der Waals surface area contributed by atoms with Crippen LogP contribution in [0.15, 0.2) is 23.1 Å². The van der Waals surface area contributed by atoms with Gasteiger partial charge in [-0.25, -0.2) is 8.42 Å². The number of rotatable bonds is 5. The van der Waals surface area contributed by atoms with Gasteiger partial charge in [-0.15, -0.1) is 0 Å². The van der Waals surface area contributed by atoms with Crippen molar-refractivity contribution in [2.45, 2.75) is 32.6 Å². The molecular weight excluding hydrogens is 372 g/mol. The Balaban J connectivity index is 2.10. The molecule has 1 aliphatic heterocycles. The maximum absolute atomic E-state index is 12.8. The summed E-state index contributed by atoms with van der Waals surface area (Å²) in [6, 6.07) is 4.56. The largest absolute Gasteiger partial charge is 0.455 e. The molecule has 1 fully saturated rings. The monoisotopic (exact) mass is 398 g/mol. The molecule has 0 radical (unpaired) electrons. The molecule has 0 saturated carbocycles. The smallest absolute Gasteiger partial charge is 0.311 e. The third-order valence-corrected chi connectivity index (χ3v) is 5.93. The molecule has 0 aromatic heterocycles. The minimum absolute atomic E-state index is 0.0944. The number of esters is 1. The van der Waals surface area contributed by atoms with Crippen LogP contribution < -0.4 is 5.32 Å². The fourth-order valence-corrected chi connectivity index (χ4v) is 3.80. The molecule has 0 atom stereocenters. The summed E-state index contributed by atoms with van der Waals surface area (Å²) >= 11 is 0. The van der Waals surface area contributed by atoms with E-state index in [2.05, 4.69) is 5.32 Å². The fraction of sp³-hybridized carbons (Fsp3) is 0.556. The zero-order valence-electron chi connectivity index (χ0n) is 16.1. The van der Waals surface area contributed by atoms with E-state index in [0.29, 0.717) is 37.6 Å². The topological polar surface area (TPSA) is 102 Å². The van der Waals surface area contributed by atoms with Crippen LogP contribution in [0.2, 0.25) is 0 Å². The molecule has 0 bridgehead atoms. The molecule has 1 saturated heterocycles.